The standard InChI is InChI=1S/C25H24Cl2N2O6S/c1-3-34-23-8-6-5-7-22(23)29(36(32,33)19-12-9-17(26)10-13-19)16-24(30)28-18-11-14-21(27)20(15-18)25(31)35-4-2/h5-15H,3-4,16H2,1-2H3,(H,28,30). The van der Waals surface area contributed by atoms with E-state index in [1.54, 1.807) is 38.1 Å². The van der Waals surface area contributed by atoms with Crippen LogP contribution in [0, 0.1) is 0 Å². The average Bonchev–Trinajstić information content (AvgIpc) is 2.85. The molecular formula is C25H24Cl2N2O6S. The van der Waals surface area contributed by atoms with Gasteiger partial charge in [-0.15, -0.1) is 0 Å². The van der Waals surface area contributed by atoms with Crippen LogP contribution in [0.2, 0.25) is 10.0 Å². The zero-order valence-electron chi connectivity index (χ0n) is 19.5. The third kappa shape index (κ3) is 6.48. The summed E-state index contributed by atoms with van der Waals surface area (Å²) in [5.41, 5.74) is 0.505. The number of hydrogen-bond donors (Lipinski definition) is 1. The molecule has 0 aliphatic rings. The van der Waals surface area contributed by atoms with Crippen LogP contribution in [-0.4, -0.2) is 40.1 Å². The Labute approximate surface area is 219 Å². The number of hydrogen-bond acceptors (Lipinski definition) is 6. The number of amides is 1. The second-order valence-corrected chi connectivity index (χ2v) is 10.0. The number of rotatable bonds is 10. The minimum absolute atomic E-state index is 0.0536. The van der Waals surface area contributed by atoms with Crippen molar-refractivity contribution in [2.24, 2.45) is 0 Å². The predicted molar refractivity (Wildman–Crippen MR) is 140 cm³/mol. The molecule has 0 aromatic heterocycles. The van der Waals surface area contributed by atoms with E-state index in [0.717, 1.165) is 4.31 Å². The van der Waals surface area contributed by atoms with Crippen LogP contribution in [0.3, 0.4) is 0 Å². The van der Waals surface area contributed by atoms with Crippen LogP contribution in [0.4, 0.5) is 11.4 Å². The summed E-state index contributed by atoms with van der Waals surface area (Å²) in [6, 6.07) is 16.4. The topological polar surface area (TPSA) is 102 Å². The second kappa shape index (κ2) is 12.1. The summed E-state index contributed by atoms with van der Waals surface area (Å²) in [6.45, 7) is 3.30. The van der Waals surface area contributed by atoms with E-state index in [4.69, 9.17) is 32.7 Å². The van der Waals surface area contributed by atoms with Crippen molar-refractivity contribution in [3.05, 3.63) is 82.3 Å². The van der Waals surface area contributed by atoms with E-state index in [1.807, 2.05) is 0 Å². The Morgan fingerprint density at radius 3 is 2.31 bits per heavy atom. The zero-order valence-corrected chi connectivity index (χ0v) is 21.9. The first kappa shape index (κ1) is 27.3. The van der Waals surface area contributed by atoms with Crippen molar-refractivity contribution >= 4 is 56.5 Å². The minimum Gasteiger partial charge on any atom is -0.492 e. The minimum atomic E-state index is -4.20. The van der Waals surface area contributed by atoms with Gasteiger partial charge in [0.25, 0.3) is 10.0 Å². The molecule has 0 spiro atoms. The number of carbonyl (C=O) groups is 2. The number of esters is 1. The van der Waals surface area contributed by atoms with E-state index in [0.29, 0.717) is 17.4 Å². The Balaban J connectivity index is 1.97. The van der Waals surface area contributed by atoms with Crippen LogP contribution in [0.15, 0.2) is 71.6 Å². The van der Waals surface area contributed by atoms with Gasteiger partial charge in [-0.3, -0.25) is 9.10 Å². The summed E-state index contributed by atoms with van der Waals surface area (Å²) in [5.74, 6) is -1.01. The summed E-state index contributed by atoms with van der Waals surface area (Å²) in [4.78, 5) is 25.2. The second-order valence-electron chi connectivity index (χ2n) is 7.33. The lowest BCUT2D eigenvalue weighted by atomic mass is 10.2. The van der Waals surface area contributed by atoms with E-state index < -0.39 is 28.4 Å². The van der Waals surface area contributed by atoms with Gasteiger partial charge in [0.15, 0.2) is 0 Å². The lowest BCUT2D eigenvalue weighted by Gasteiger charge is -2.26. The first-order valence-electron chi connectivity index (χ1n) is 10.9. The van der Waals surface area contributed by atoms with Gasteiger partial charge in [-0.2, -0.15) is 0 Å². The van der Waals surface area contributed by atoms with Crippen molar-refractivity contribution in [1.82, 2.24) is 0 Å². The molecule has 3 aromatic carbocycles. The Morgan fingerprint density at radius 2 is 1.64 bits per heavy atom. The van der Waals surface area contributed by atoms with Crippen molar-refractivity contribution in [3.8, 4) is 5.75 Å². The van der Waals surface area contributed by atoms with Crippen molar-refractivity contribution in [3.63, 3.8) is 0 Å². The molecule has 3 aromatic rings. The van der Waals surface area contributed by atoms with Crippen molar-refractivity contribution in [2.75, 3.05) is 29.4 Å². The van der Waals surface area contributed by atoms with E-state index in [2.05, 4.69) is 5.32 Å². The Hall–Kier alpha value is -3.27. The SMILES string of the molecule is CCOC(=O)c1cc(NC(=O)CN(c2ccccc2OCC)S(=O)(=O)c2ccc(Cl)cc2)ccc1Cl. The van der Waals surface area contributed by atoms with Crippen molar-refractivity contribution < 1.29 is 27.5 Å². The predicted octanol–water partition coefficient (Wildman–Crippen LogP) is 5.40. The number of halogens is 2. The number of benzene rings is 3. The van der Waals surface area contributed by atoms with E-state index >= 15 is 0 Å². The summed E-state index contributed by atoms with van der Waals surface area (Å²) in [6.07, 6.45) is 0. The third-order valence-corrected chi connectivity index (χ3v) is 7.22. The average molecular weight is 551 g/mol. The lowest BCUT2D eigenvalue weighted by molar-refractivity contribution is -0.114. The molecule has 0 fully saturated rings. The highest BCUT2D eigenvalue weighted by molar-refractivity contribution is 7.92. The molecule has 1 N–H and O–H groups in total. The molecule has 190 valence electrons. The molecule has 0 atom stereocenters. The largest absolute Gasteiger partial charge is 0.492 e. The maximum Gasteiger partial charge on any atom is 0.339 e. The maximum atomic E-state index is 13.6. The van der Waals surface area contributed by atoms with Crippen LogP contribution in [-0.2, 0) is 19.6 Å². The van der Waals surface area contributed by atoms with E-state index in [1.165, 1.54) is 42.5 Å². The fraction of sp³-hybridized carbons (Fsp3) is 0.200. The molecule has 0 unspecified atom stereocenters. The van der Waals surface area contributed by atoms with Crippen LogP contribution >= 0.6 is 23.2 Å². The molecule has 1 amide bonds. The first-order chi connectivity index (χ1) is 17.2. The molecule has 36 heavy (non-hydrogen) atoms. The Bertz CT molecular complexity index is 1350. The summed E-state index contributed by atoms with van der Waals surface area (Å²) in [5, 5.41) is 3.14. The number of para-hydroxylation sites is 2. The van der Waals surface area contributed by atoms with Crippen LogP contribution in [0.5, 0.6) is 5.75 Å². The summed E-state index contributed by atoms with van der Waals surface area (Å²) in [7, 11) is -4.20. The van der Waals surface area contributed by atoms with Gasteiger partial charge in [0.1, 0.15) is 12.3 Å². The van der Waals surface area contributed by atoms with Gasteiger partial charge in [-0.25, -0.2) is 13.2 Å². The number of sulfonamides is 1. The molecule has 11 heteroatoms. The number of nitrogens with zero attached hydrogens (tertiary/aromatic N) is 1. The van der Waals surface area contributed by atoms with Crippen molar-refractivity contribution in [2.45, 2.75) is 18.7 Å². The number of carbonyl (C=O) groups excluding carboxylic acids is 2. The summed E-state index contributed by atoms with van der Waals surface area (Å²) < 4.78 is 38.8. The van der Waals surface area contributed by atoms with Gasteiger partial charge in [-0.1, -0.05) is 35.3 Å². The molecule has 8 nitrogen and oxygen atoms in total. The molecule has 0 saturated carbocycles. The Morgan fingerprint density at radius 1 is 0.944 bits per heavy atom. The van der Waals surface area contributed by atoms with Gasteiger partial charge in [0, 0.05) is 10.7 Å². The first-order valence-corrected chi connectivity index (χ1v) is 13.1. The highest BCUT2D eigenvalue weighted by Gasteiger charge is 2.29. The molecule has 0 radical (unpaired) electrons. The maximum absolute atomic E-state index is 13.6. The van der Waals surface area contributed by atoms with E-state index in [-0.39, 0.29) is 33.5 Å². The fourth-order valence-electron chi connectivity index (χ4n) is 3.27. The highest BCUT2D eigenvalue weighted by atomic mass is 35.5. The number of ether oxygens (including phenoxy) is 2. The third-order valence-electron chi connectivity index (χ3n) is 4.87. The summed E-state index contributed by atoms with van der Waals surface area (Å²) >= 11 is 12.0. The van der Waals surface area contributed by atoms with Gasteiger partial charge in [0.05, 0.1) is 34.4 Å². The monoisotopic (exact) mass is 550 g/mol. The Kier molecular flexibility index (Phi) is 9.19. The molecule has 0 heterocycles. The van der Waals surface area contributed by atoms with Crippen LogP contribution in [0.1, 0.15) is 24.2 Å². The molecule has 0 bridgehead atoms. The van der Waals surface area contributed by atoms with E-state index in [9.17, 15) is 18.0 Å². The zero-order chi connectivity index (χ0) is 26.3. The van der Waals surface area contributed by atoms with Crippen molar-refractivity contribution in [1.29, 1.82) is 0 Å². The highest BCUT2D eigenvalue weighted by Crippen LogP contribution is 2.33. The number of anilines is 2. The fourth-order valence-corrected chi connectivity index (χ4v) is 5.03. The lowest BCUT2D eigenvalue weighted by Crippen LogP contribution is -2.38. The number of nitrogens with one attached hydrogen (secondary N) is 1. The van der Waals surface area contributed by atoms with Gasteiger partial charge < -0.3 is 14.8 Å². The van der Waals surface area contributed by atoms with Gasteiger partial charge >= 0.3 is 5.97 Å². The quantitative estimate of drug-likeness (QED) is 0.339. The molecular weight excluding hydrogens is 527 g/mol. The smallest absolute Gasteiger partial charge is 0.339 e. The molecule has 3 rings (SSSR count). The normalized spacial score (nSPS) is 11.0. The molecule has 0 aliphatic carbocycles. The van der Waals surface area contributed by atoms with Gasteiger partial charge in [0.2, 0.25) is 5.91 Å². The van der Waals surface area contributed by atoms with Gasteiger partial charge in [-0.05, 0) is 68.4 Å². The van der Waals surface area contributed by atoms with Crippen LogP contribution < -0.4 is 14.4 Å². The molecule has 0 aliphatic heterocycles. The van der Waals surface area contributed by atoms with Crippen LogP contribution in [0.25, 0.3) is 0 Å². The molecule has 0 saturated heterocycles.